The number of benzene rings is 3. The highest BCUT2D eigenvalue weighted by Crippen LogP contribution is 2.47. The molecule has 0 spiro atoms. The van der Waals surface area contributed by atoms with Crippen molar-refractivity contribution in [3.05, 3.63) is 82.9 Å². The number of nitrogens with one attached hydrogen (secondary N) is 1. The Kier molecular flexibility index (Phi) is 14.0. The normalized spacial score (nSPS) is 15.8. The summed E-state index contributed by atoms with van der Waals surface area (Å²) in [5.41, 5.74) is 9.58. The van der Waals surface area contributed by atoms with Gasteiger partial charge in [-0.1, -0.05) is 51.3 Å². The van der Waals surface area contributed by atoms with Gasteiger partial charge in [0.15, 0.2) is 11.5 Å². The number of carbonyl (C=O) groups is 3. The van der Waals surface area contributed by atoms with Crippen molar-refractivity contribution >= 4 is 35.2 Å². The van der Waals surface area contributed by atoms with Crippen LogP contribution in [0.2, 0.25) is 0 Å². The maximum absolute atomic E-state index is 14.1. The predicted molar refractivity (Wildman–Crippen MR) is 192 cm³/mol. The number of unbranched alkanes of at least 4 members (excludes halogenated alkanes) is 3. The zero-order valence-electron chi connectivity index (χ0n) is 28.6. The van der Waals surface area contributed by atoms with E-state index in [1.165, 1.54) is 11.8 Å². The summed E-state index contributed by atoms with van der Waals surface area (Å²) >= 11 is 1.44. The van der Waals surface area contributed by atoms with E-state index < -0.39 is 16.5 Å². The van der Waals surface area contributed by atoms with Gasteiger partial charge in [-0.3, -0.25) is 19.3 Å². The van der Waals surface area contributed by atoms with E-state index >= 15 is 0 Å². The molecule has 258 valence electrons. The van der Waals surface area contributed by atoms with Crippen molar-refractivity contribution in [1.82, 2.24) is 5.32 Å². The average molecular weight is 676 g/mol. The molecule has 0 radical (unpaired) electrons. The number of hydrogen-bond acceptors (Lipinski definition) is 7. The Hall–Kier alpha value is -4.18. The largest absolute Gasteiger partial charge is 0.494 e. The number of primary amides is 1. The maximum atomic E-state index is 14.1. The summed E-state index contributed by atoms with van der Waals surface area (Å²) < 4.78 is 16.9. The van der Waals surface area contributed by atoms with Crippen molar-refractivity contribution < 1.29 is 28.6 Å². The van der Waals surface area contributed by atoms with Crippen molar-refractivity contribution in [2.75, 3.05) is 31.8 Å². The molecule has 0 saturated carbocycles. The molecule has 0 aliphatic carbocycles. The molecule has 1 aliphatic rings. The third kappa shape index (κ3) is 9.92. The zero-order valence-corrected chi connectivity index (χ0v) is 29.4. The maximum Gasteiger partial charge on any atom is 0.248 e. The third-order valence-electron chi connectivity index (χ3n) is 8.22. The van der Waals surface area contributed by atoms with Crippen molar-refractivity contribution in [2.24, 2.45) is 5.73 Å². The lowest BCUT2D eigenvalue weighted by atomic mass is 10.0. The van der Waals surface area contributed by atoms with Gasteiger partial charge in [0.2, 0.25) is 17.7 Å². The first-order chi connectivity index (χ1) is 23.3. The van der Waals surface area contributed by atoms with Gasteiger partial charge in [-0.15, -0.1) is 11.8 Å². The Morgan fingerprint density at radius 2 is 1.65 bits per heavy atom. The number of hydrogen-bond donors (Lipinski definition) is 2. The van der Waals surface area contributed by atoms with E-state index in [1.54, 1.807) is 18.1 Å². The van der Waals surface area contributed by atoms with Crippen LogP contribution >= 0.6 is 11.8 Å². The molecular weight excluding hydrogens is 627 g/mol. The van der Waals surface area contributed by atoms with Crippen LogP contribution in [0, 0.1) is 0 Å². The van der Waals surface area contributed by atoms with Gasteiger partial charge in [-0.2, -0.15) is 0 Å². The summed E-state index contributed by atoms with van der Waals surface area (Å²) in [6.45, 7) is 7.75. The second-order valence-electron chi connectivity index (χ2n) is 11.9. The van der Waals surface area contributed by atoms with Crippen LogP contribution < -0.4 is 30.2 Å². The molecule has 1 aliphatic heterocycles. The fraction of sp³-hybridized carbons (Fsp3) is 0.447. The highest BCUT2D eigenvalue weighted by molar-refractivity contribution is 8.01. The molecule has 3 aromatic rings. The van der Waals surface area contributed by atoms with Gasteiger partial charge in [-0.05, 0) is 91.8 Å². The molecule has 0 bridgehead atoms. The molecule has 2 atom stereocenters. The fourth-order valence-corrected chi connectivity index (χ4v) is 7.09. The number of ether oxygens (including phenoxy) is 3. The van der Waals surface area contributed by atoms with Crippen LogP contribution in [0.1, 0.15) is 91.7 Å². The van der Waals surface area contributed by atoms with Crippen LogP contribution in [0.4, 0.5) is 5.69 Å². The van der Waals surface area contributed by atoms with E-state index in [-0.39, 0.29) is 18.2 Å². The summed E-state index contributed by atoms with van der Waals surface area (Å²) in [5.74, 6) is 1.17. The zero-order chi connectivity index (χ0) is 34.5. The minimum atomic E-state index is -0.609. The second-order valence-corrected chi connectivity index (χ2v) is 13.2. The number of nitrogens with two attached hydrogens (primary N) is 1. The summed E-state index contributed by atoms with van der Waals surface area (Å²) in [4.78, 5) is 41.4. The first-order valence-electron chi connectivity index (χ1n) is 17.0. The molecule has 48 heavy (non-hydrogen) atoms. The number of nitrogens with zero attached hydrogens (tertiary/aromatic N) is 1. The molecule has 1 heterocycles. The Balaban J connectivity index is 1.53. The van der Waals surface area contributed by atoms with E-state index in [9.17, 15) is 14.4 Å². The molecule has 3 aromatic carbocycles. The van der Waals surface area contributed by atoms with E-state index in [4.69, 9.17) is 19.9 Å². The highest BCUT2D eigenvalue weighted by Gasteiger charge is 2.43. The van der Waals surface area contributed by atoms with Gasteiger partial charge in [-0.25, -0.2) is 0 Å². The standard InChI is InChI=1S/C38H49N3O6S/c1-5-8-10-11-27-21-29(36(39)43)24-30(22-27)41-37(44)34(48-38(41)28-13-15-31(16-14-28)47-20-9-6-2)25-35(42)40-19-18-26-12-17-32(45-4)33(23-26)46-7-3/h12-17,21-24,34,38H,5-11,18-20,25H2,1-4H3,(H2,39,43)(H,40,42)/t34-,38+/m1/s1. The van der Waals surface area contributed by atoms with E-state index in [2.05, 4.69) is 19.2 Å². The summed E-state index contributed by atoms with van der Waals surface area (Å²) in [7, 11) is 1.60. The smallest absolute Gasteiger partial charge is 0.248 e. The van der Waals surface area contributed by atoms with Crippen LogP contribution in [-0.4, -0.2) is 49.8 Å². The van der Waals surface area contributed by atoms with E-state index in [0.717, 1.165) is 61.0 Å². The van der Waals surface area contributed by atoms with E-state index in [1.807, 2.05) is 61.5 Å². The van der Waals surface area contributed by atoms with Crippen molar-refractivity contribution in [3.63, 3.8) is 0 Å². The lowest BCUT2D eigenvalue weighted by Crippen LogP contribution is -2.35. The van der Waals surface area contributed by atoms with Gasteiger partial charge in [0, 0.05) is 24.2 Å². The van der Waals surface area contributed by atoms with Crippen LogP contribution in [0.5, 0.6) is 17.2 Å². The number of thioether (sulfide) groups is 1. The molecule has 0 unspecified atom stereocenters. The number of aryl methyl sites for hydroxylation is 1. The monoisotopic (exact) mass is 675 g/mol. The fourth-order valence-electron chi connectivity index (χ4n) is 5.64. The Labute approximate surface area is 288 Å². The quantitative estimate of drug-likeness (QED) is 0.131. The minimum Gasteiger partial charge on any atom is -0.494 e. The van der Waals surface area contributed by atoms with Gasteiger partial charge >= 0.3 is 0 Å². The molecule has 10 heteroatoms. The second kappa shape index (κ2) is 18.4. The molecule has 9 nitrogen and oxygen atoms in total. The van der Waals surface area contributed by atoms with Crippen LogP contribution in [-0.2, 0) is 22.4 Å². The number of rotatable bonds is 19. The van der Waals surface area contributed by atoms with Gasteiger partial charge in [0.25, 0.3) is 0 Å². The van der Waals surface area contributed by atoms with Crippen LogP contribution in [0.25, 0.3) is 0 Å². The molecule has 1 fully saturated rings. The van der Waals surface area contributed by atoms with Crippen molar-refractivity contribution in [1.29, 1.82) is 0 Å². The average Bonchev–Trinajstić information content (AvgIpc) is 3.40. The van der Waals surface area contributed by atoms with Gasteiger partial charge in [0.05, 0.1) is 25.6 Å². The number of amides is 3. The molecular formula is C38H49N3O6S. The topological polar surface area (TPSA) is 120 Å². The molecule has 3 N–H and O–H groups in total. The number of methoxy groups -OCH3 is 1. The minimum absolute atomic E-state index is 0.0282. The van der Waals surface area contributed by atoms with E-state index in [0.29, 0.717) is 48.9 Å². The Morgan fingerprint density at radius 1 is 0.875 bits per heavy atom. The highest BCUT2D eigenvalue weighted by atomic mass is 32.2. The Morgan fingerprint density at radius 3 is 2.33 bits per heavy atom. The molecule has 4 rings (SSSR count). The van der Waals surface area contributed by atoms with Crippen LogP contribution in [0.3, 0.4) is 0 Å². The van der Waals surface area contributed by atoms with Gasteiger partial charge < -0.3 is 25.3 Å². The Bertz CT molecular complexity index is 1530. The van der Waals surface area contributed by atoms with Crippen LogP contribution in [0.15, 0.2) is 60.7 Å². The lowest BCUT2D eigenvalue weighted by molar-refractivity contribution is -0.124. The summed E-state index contributed by atoms with van der Waals surface area (Å²) in [6, 6.07) is 19.0. The third-order valence-corrected chi connectivity index (χ3v) is 9.65. The van der Waals surface area contributed by atoms with Gasteiger partial charge in [0.1, 0.15) is 11.1 Å². The molecule has 1 saturated heterocycles. The predicted octanol–water partition coefficient (Wildman–Crippen LogP) is 7.00. The number of carbonyl (C=O) groups excluding carboxylic acids is 3. The first kappa shape index (κ1) is 36.7. The molecule has 0 aromatic heterocycles. The summed E-state index contributed by atoms with van der Waals surface area (Å²) in [6.07, 6.45) is 6.52. The molecule has 3 amide bonds. The lowest BCUT2D eigenvalue weighted by Gasteiger charge is -2.25. The summed E-state index contributed by atoms with van der Waals surface area (Å²) in [5, 5.41) is 1.98. The SMILES string of the molecule is CCCCCc1cc(C(N)=O)cc(N2C(=O)[C@@H](CC(=O)NCCc3ccc(OC)c(OCC)c3)S[C@H]2c2ccc(OCCCC)cc2)c1. The van der Waals surface area contributed by atoms with Crippen molar-refractivity contribution in [3.8, 4) is 17.2 Å². The van der Waals surface area contributed by atoms with Crippen molar-refractivity contribution in [2.45, 2.75) is 82.8 Å². The number of anilines is 1. The first-order valence-corrected chi connectivity index (χ1v) is 17.9.